The number of thiophene rings is 1. The molecule has 1 nitrogen and oxygen atoms in total. The van der Waals surface area contributed by atoms with Crippen LogP contribution >= 0.6 is 22.9 Å². The quantitative estimate of drug-likeness (QED) is 0.726. The molecule has 1 rings (SSSR count). The minimum absolute atomic E-state index is 0.824. The molecule has 1 heterocycles. The van der Waals surface area contributed by atoms with Crippen molar-refractivity contribution >= 4 is 22.9 Å². The highest BCUT2D eigenvalue weighted by molar-refractivity contribution is 7.16. The van der Waals surface area contributed by atoms with Gasteiger partial charge in [0.15, 0.2) is 0 Å². The largest absolute Gasteiger partial charge is 0.330 e. The van der Waals surface area contributed by atoms with Crippen molar-refractivity contribution in [2.24, 2.45) is 5.73 Å². The SMILES string of the molecule is NCCCCCCc1ccc(Cl)s1. The third-order valence-electron chi connectivity index (χ3n) is 2.01. The number of unbranched alkanes of at least 4 members (excludes halogenated alkanes) is 3. The third kappa shape index (κ3) is 4.65. The van der Waals surface area contributed by atoms with Crippen molar-refractivity contribution in [1.29, 1.82) is 0 Å². The molecule has 0 saturated carbocycles. The lowest BCUT2D eigenvalue weighted by molar-refractivity contribution is 0.649. The van der Waals surface area contributed by atoms with Crippen molar-refractivity contribution in [3.63, 3.8) is 0 Å². The van der Waals surface area contributed by atoms with E-state index in [2.05, 4.69) is 6.07 Å². The van der Waals surface area contributed by atoms with Gasteiger partial charge in [-0.2, -0.15) is 0 Å². The van der Waals surface area contributed by atoms with Crippen LogP contribution in [0.25, 0.3) is 0 Å². The summed E-state index contributed by atoms with van der Waals surface area (Å²) in [6, 6.07) is 4.09. The summed E-state index contributed by atoms with van der Waals surface area (Å²) in [6.07, 6.45) is 6.13. The van der Waals surface area contributed by atoms with Crippen LogP contribution < -0.4 is 5.73 Å². The predicted molar refractivity (Wildman–Crippen MR) is 60.6 cm³/mol. The summed E-state index contributed by atoms with van der Waals surface area (Å²) in [5.41, 5.74) is 5.41. The maximum absolute atomic E-state index is 5.82. The Morgan fingerprint density at radius 2 is 1.92 bits per heavy atom. The Morgan fingerprint density at radius 3 is 2.54 bits per heavy atom. The van der Waals surface area contributed by atoms with E-state index >= 15 is 0 Å². The minimum atomic E-state index is 0.824. The Bertz CT molecular complexity index is 235. The van der Waals surface area contributed by atoms with Gasteiger partial charge in [0.05, 0.1) is 4.34 Å². The van der Waals surface area contributed by atoms with Crippen LogP contribution in [0.5, 0.6) is 0 Å². The zero-order chi connectivity index (χ0) is 9.52. The second kappa shape index (κ2) is 6.41. The Kier molecular flexibility index (Phi) is 5.44. The van der Waals surface area contributed by atoms with E-state index < -0.39 is 0 Å². The number of aryl methyl sites for hydroxylation is 1. The van der Waals surface area contributed by atoms with Crippen molar-refractivity contribution in [2.45, 2.75) is 32.1 Å². The zero-order valence-corrected chi connectivity index (χ0v) is 9.33. The predicted octanol–water partition coefficient (Wildman–Crippen LogP) is 3.46. The van der Waals surface area contributed by atoms with E-state index in [1.807, 2.05) is 6.07 Å². The summed E-state index contributed by atoms with van der Waals surface area (Å²) >= 11 is 7.52. The van der Waals surface area contributed by atoms with Gasteiger partial charge < -0.3 is 5.73 Å². The number of hydrogen-bond donors (Lipinski definition) is 1. The van der Waals surface area contributed by atoms with Gasteiger partial charge in [0, 0.05) is 4.88 Å². The Morgan fingerprint density at radius 1 is 1.15 bits per heavy atom. The van der Waals surface area contributed by atoms with Crippen LogP contribution in [0, 0.1) is 0 Å². The van der Waals surface area contributed by atoms with Crippen LogP contribution in [0.15, 0.2) is 12.1 Å². The second-order valence-electron chi connectivity index (χ2n) is 3.16. The number of hydrogen-bond acceptors (Lipinski definition) is 2. The van der Waals surface area contributed by atoms with Crippen molar-refractivity contribution in [2.75, 3.05) is 6.54 Å². The van der Waals surface area contributed by atoms with Gasteiger partial charge in [-0.1, -0.05) is 24.4 Å². The van der Waals surface area contributed by atoms with Crippen molar-refractivity contribution in [1.82, 2.24) is 0 Å². The van der Waals surface area contributed by atoms with Crippen LogP contribution in [0.3, 0.4) is 0 Å². The highest BCUT2D eigenvalue weighted by Gasteiger charge is 1.97. The molecule has 0 atom stereocenters. The lowest BCUT2D eigenvalue weighted by atomic mass is 10.1. The molecular weight excluding hydrogens is 202 g/mol. The first-order valence-electron chi connectivity index (χ1n) is 4.77. The number of rotatable bonds is 6. The van der Waals surface area contributed by atoms with Gasteiger partial charge >= 0.3 is 0 Å². The van der Waals surface area contributed by atoms with E-state index in [9.17, 15) is 0 Å². The molecule has 0 unspecified atom stereocenters. The first-order chi connectivity index (χ1) is 6.33. The summed E-state index contributed by atoms with van der Waals surface area (Å²) in [4.78, 5) is 1.40. The van der Waals surface area contributed by atoms with Gasteiger partial charge in [0.25, 0.3) is 0 Å². The van der Waals surface area contributed by atoms with Gasteiger partial charge in [-0.15, -0.1) is 11.3 Å². The topological polar surface area (TPSA) is 26.0 Å². The normalized spacial score (nSPS) is 10.6. The fourth-order valence-corrected chi connectivity index (χ4v) is 2.41. The lowest BCUT2D eigenvalue weighted by Crippen LogP contribution is -1.97. The molecule has 13 heavy (non-hydrogen) atoms. The van der Waals surface area contributed by atoms with Crippen LogP contribution in [-0.2, 0) is 6.42 Å². The second-order valence-corrected chi connectivity index (χ2v) is 4.96. The van der Waals surface area contributed by atoms with Crippen LogP contribution in [0.4, 0.5) is 0 Å². The van der Waals surface area contributed by atoms with E-state index in [1.165, 1.54) is 30.6 Å². The maximum Gasteiger partial charge on any atom is 0.0931 e. The van der Waals surface area contributed by atoms with E-state index in [1.54, 1.807) is 11.3 Å². The molecule has 0 spiro atoms. The summed E-state index contributed by atoms with van der Waals surface area (Å²) in [5, 5.41) is 0. The molecule has 1 aromatic heterocycles. The van der Waals surface area contributed by atoms with Crippen molar-refractivity contribution in [3.8, 4) is 0 Å². The Labute approximate surface area is 88.9 Å². The molecule has 0 aliphatic rings. The molecule has 0 bridgehead atoms. The van der Waals surface area contributed by atoms with E-state index in [0.29, 0.717) is 0 Å². The first kappa shape index (κ1) is 11.0. The smallest absolute Gasteiger partial charge is 0.0931 e. The highest BCUT2D eigenvalue weighted by Crippen LogP contribution is 2.22. The molecule has 0 aliphatic heterocycles. The first-order valence-corrected chi connectivity index (χ1v) is 5.96. The Balaban J connectivity index is 2.06. The van der Waals surface area contributed by atoms with Crippen molar-refractivity contribution < 1.29 is 0 Å². The standard InChI is InChI=1S/C10H16ClNS/c11-10-7-6-9(13-10)5-3-1-2-4-8-12/h6-7H,1-5,8,12H2. The summed E-state index contributed by atoms with van der Waals surface area (Å²) in [7, 11) is 0. The monoisotopic (exact) mass is 217 g/mol. The van der Waals surface area contributed by atoms with Crippen LogP contribution in [0.2, 0.25) is 4.34 Å². The summed E-state index contributed by atoms with van der Waals surface area (Å²) < 4.78 is 0.900. The maximum atomic E-state index is 5.82. The van der Waals surface area contributed by atoms with Gasteiger partial charge in [-0.05, 0) is 37.9 Å². The summed E-state index contributed by atoms with van der Waals surface area (Å²) in [5.74, 6) is 0. The molecule has 1 aromatic rings. The molecule has 3 heteroatoms. The number of nitrogens with two attached hydrogens (primary N) is 1. The van der Waals surface area contributed by atoms with Gasteiger partial charge in [-0.25, -0.2) is 0 Å². The molecular formula is C10H16ClNS. The summed E-state index contributed by atoms with van der Waals surface area (Å²) in [6.45, 7) is 0.824. The minimum Gasteiger partial charge on any atom is -0.330 e. The molecule has 0 radical (unpaired) electrons. The van der Waals surface area contributed by atoms with Crippen LogP contribution in [0.1, 0.15) is 30.6 Å². The van der Waals surface area contributed by atoms with Gasteiger partial charge in [-0.3, -0.25) is 0 Å². The average Bonchev–Trinajstić information content (AvgIpc) is 2.51. The molecule has 0 aromatic carbocycles. The van der Waals surface area contributed by atoms with Crippen molar-refractivity contribution in [3.05, 3.63) is 21.3 Å². The fraction of sp³-hybridized carbons (Fsp3) is 0.600. The molecule has 0 aliphatic carbocycles. The van der Waals surface area contributed by atoms with Gasteiger partial charge in [0.1, 0.15) is 0 Å². The van der Waals surface area contributed by atoms with Gasteiger partial charge in [0.2, 0.25) is 0 Å². The highest BCUT2D eigenvalue weighted by atomic mass is 35.5. The average molecular weight is 218 g/mol. The fourth-order valence-electron chi connectivity index (χ4n) is 1.28. The molecule has 74 valence electrons. The third-order valence-corrected chi connectivity index (χ3v) is 3.30. The Hall–Kier alpha value is -0.0500. The molecule has 0 saturated heterocycles. The molecule has 0 amide bonds. The van der Waals surface area contributed by atoms with E-state index in [0.717, 1.165) is 17.3 Å². The van der Waals surface area contributed by atoms with E-state index in [-0.39, 0.29) is 0 Å². The van der Waals surface area contributed by atoms with Crippen LogP contribution in [-0.4, -0.2) is 6.54 Å². The molecule has 0 fully saturated rings. The number of halogens is 1. The van der Waals surface area contributed by atoms with E-state index in [4.69, 9.17) is 17.3 Å². The lowest BCUT2D eigenvalue weighted by Gasteiger charge is -1.97. The molecule has 2 N–H and O–H groups in total. The zero-order valence-electron chi connectivity index (χ0n) is 7.76.